The fourth-order valence-electron chi connectivity index (χ4n) is 4.24. The van der Waals surface area contributed by atoms with Gasteiger partial charge in [0.25, 0.3) is 0 Å². The zero-order valence-electron chi connectivity index (χ0n) is 14.1. The smallest absolute Gasteiger partial charge is 0.171 e. The van der Waals surface area contributed by atoms with Crippen LogP contribution in [0.1, 0.15) is 39.2 Å². The molecule has 22 heavy (non-hydrogen) atoms. The van der Waals surface area contributed by atoms with E-state index in [1.54, 1.807) is 7.11 Å². The molecule has 2 saturated heterocycles. The minimum absolute atomic E-state index is 0.0101. The number of ether oxygens (including phenoxy) is 3. The van der Waals surface area contributed by atoms with Crippen LogP contribution in [0.2, 0.25) is 0 Å². The van der Waals surface area contributed by atoms with Crippen LogP contribution in [0.4, 0.5) is 0 Å². The Balaban J connectivity index is 1.80. The molecule has 0 saturated carbocycles. The van der Waals surface area contributed by atoms with Gasteiger partial charge in [0, 0.05) is 23.9 Å². The van der Waals surface area contributed by atoms with Gasteiger partial charge in [-0.2, -0.15) is 0 Å². The quantitative estimate of drug-likeness (QED) is 0.932. The predicted molar refractivity (Wildman–Crippen MR) is 86.2 cm³/mol. The van der Waals surface area contributed by atoms with E-state index in [4.69, 9.17) is 14.2 Å². The van der Waals surface area contributed by atoms with Crippen molar-refractivity contribution in [2.24, 2.45) is 0 Å². The lowest BCUT2D eigenvalue weighted by Crippen LogP contribution is -2.65. The Morgan fingerprint density at radius 1 is 1.05 bits per heavy atom. The summed E-state index contributed by atoms with van der Waals surface area (Å²) in [4.78, 5) is 0. The van der Waals surface area contributed by atoms with E-state index < -0.39 is 5.79 Å². The molecule has 1 unspecified atom stereocenters. The van der Waals surface area contributed by atoms with Crippen LogP contribution < -0.4 is 10.1 Å². The number of nitrogens with one attached hydrogen (secondary N) is 1. The van der Waals surface area contributed by atoms with Gasteiger partial charge in [-0.25, -0.2) is 0 Å². The van der Waals surface area contributed by atoms with Crippen molar-refractivity contribution in [3.05, 3.63) is 29.8 Å². The molecule has 4 heteroatoms. The third-order valence-electron chi connectivity index (χ3n) is 4.58. The first-order valence-corrected chi connectivity index (χ1v) is 8.04. The normalized spacial score (nSPS) is 29.6. The fraction of sp³-hybridized carbons (Fsp3) is 0.667. The van der Waals surface area contributed by atoms with Crippen LogP contribution in [0.5, 0.6) is 5.75 Å². The number of benzene rings is 1. The van der Waals surface area contributed by atoms with E-state index in [0.717, 1.165) is 25.0 Å². The first-order valence-electron chi connectivity index (χ1n) is 8.04. The molecule has 1 N–H and O–H groups in total. The zero-order chi connectivity index (χ0) is 15.8. The Morgan fingerprint density at radius 3 is 2.27 bits per heavy atom. The molecule has 2 aliphatic heterocycles. The lowest BCUT2D eigenvalue weighted by atomic mass is 9.75. The summed E-state index contributed by atoms with van der Waals surface area (Å²) >= 11 is 0. The highest BCUT2D eigenvalue weighted by atomic mass is 16.7. The average Bonchev–Trinajstić information content (AvgIpc) is 2.83. The van der Waals surface area contributed by atoms with Crippen molar-refractivity contribution in [1.29, 1.82) is 0 Å². The van der Waals surface area contributed by atoms with E-state index in [-0.39, 0.29) is 11.1 Å². The van der Waals surface area contributed by atoms with Gasteiger partial charge < -0.3 is 19.5 Å². The maximum Gasteiger partial charge on any atom is 0.171 e. The van der Waals surface area contributed by atoms with Crippen molar-refractivity contribution in [2.45, 2.75) is 56.9 Å². The van der Waals surface area contributed by atoms with Gasteiger partial charge in [0.05, 0.1) is 20.3 Å². The molecule has 0 amide bonds. The molecule has 3 rings (SSSR count). The van der Waals surface area contributed by atoms with Crippen molar-refractivity contribution in [3.8, 4) is 5.75 Å². The molecule has 1 aromatic rings. The van der Waals surface area contributed by atoms with Crippen LogP contribution in [-0.4, -0.2) is 37.2 Å². The summed E-state index contributed by atoms with van der Waals surface area (Å²) in [5.41, 5.74) is 1.23. The Morgan fingerprint density at radius 2 is 1.68 bits per heavy atom. The van der Waals surface area contributed by atoms with Gasteiger partial charge in [0.15, 0.2) is 5.79 Å². The van der Waals surface area contributed by atoms with E-state index in [0.29, 0.717) is 13.2 Å². The van der Waals surface area contributed by atoms with E-state index >= 15 is 0 Å². The van der Waals surface area contributed by atoms with E-state index in [1.807, 2.05) is 12.1 Å². The Bertz CT molecular complexity index is 520. The van der Waals surface area contributed by atoms with Gasteiger partial charge in [0.1, 0.15) is 5.75 Å². The molecule has 1 aromatic carbocycles. The molecule has 1 spiro atoms. The van der Waals surface area contributed by atoms with Gasteiger partial charge >= 0.3 is 0 Å². The highest BCUT2D eigenvalue weighted by Crippen LogP contribution is 2.42. The van der Waals surface area contributed by atoms with Crippen LogP contribution in [0.3, 0.4) is 0 Å². The summed E-state index contributed by atoms with van der Waals surface area (Å²) in [5.74, 6) is 0.473. The summed E-state index contributed by atoms with van der Waals surface area (Å²) in [6.07, 6.45) is 2.70. The molecular formula is C18H27NO3. The molecule has 2 fully saturated rings. The first-order chi connectivity index (χ1) is 10.3. The molecule has 122 valence electrons. The van der Waals surface area contributed by atoms with E-state index in [2.05, 4.69) is 38.2 Å². The van der Waals surface area contributed by atoms with Crippen molar-refractivity contribution in [1.82, 2.24) is 5.32 Å². The molecule has 0 radical (unpaired) electrons. The van der Waals surface area contributed by atoms with Crippen molar-refractivity contribution in [2.75, 3.05) is 20.3 Å². The molecule has 1 atom stereocenters. The maximum atomic E-state index is 6.00. The second-order valence-corrected chi connectivity index (χ2v) is 7.56. The largest absolute Gasteiger partial charge is 0.497 e. The summed E-state index contributed by atoms with van der Waals surface area (Å²) in [6, 6.07) is 8.31. The maximum absolute atomic E-state index is 6.00. The van der Waals surface area contributed by atoms with Gasteiger partial charge in [-0.1, -0.05) is 12.1 Å². The number of rotatable bonds is 3. The van der Waals surface area contributed by atoms with Crippen molar-refractivity contribution >= 4 is 0 Å². The van der Waals surface area contributed by atoms with Crippen LogP contribution in [0.25, 0.3) is 0 Å². The number of piperidine rings is 1. The number of hydrogen-bond acceptors (Lipinski definition) is 4. The summed E-state index contributed by atoms with van der Waals surface area (Å²) in [5, 5.41) is 3.81. The van der Waals surface area contributed by atoms with Crippen LogP contribution in [-0.2, 0) is 15.9 Å². The summed E-state index contributed by atoms with van der Waals surface area (Å²) in [7, 11) is 1.69. The van der Waals surface area contributed by atoms with Crippen LogP contribution in [0, 0.1) is 0 Å². The van der Waals surface area contributed by atoms with Gasteiger partial charge in [-0.3, -0.25) is 0 Å². The SMILES string of the molecule is COc1ccc(CC2(C)CC3(CC(C)(C)N2)OCCO3)cc1. The second kappa shape index (κ2) is 5.52. The van der Waals surface area contributed by atoms with Crippen molar-refractivity contribution in [3.63, 3.8) is 0 Å². The third kappa shape index (κ3) is 3.29. The van der Waals surface area contributed by atoms with Crippen LogP contribution >= 0.6 is 0 Å². The highest BCUT2D eigenvalue weighted by Gasteiger charge is 2.52. The second-order valence-electron chi connectivity index (χ2n) is 7.56. The molecule has 0 aliphatic carbocycles. The monoisotopic (exact) mass is 305 g/mol. The molecule has 2 heterocycles. The zero-order valence-corrected chi connectivity index (χ0v) is 14.1. The molecule has 0 aromatic heterocycles. The highest BCUT2D eigenvalue weighted by molar-refractivity contribution is 5.28. The van der Waals surface area contributed by atoms with Crippen molar-refractivity contribution < 1.29 is 14.2 Å². The Hall–Kier alpha value is -1.10. The Labute approximate surface area is 133 Å². The molecular weight excluding hydrogens is 278 g/mol. The molecule has 0 bridgehead atoms. The fourth-order valence-corrected chi connectivity index (χ4v) is 4.24. The van der Waals surface area contributed by atoms with Crippen LogP contribution in [0.15, 0.2) is 24.3 Å². The average molecular weight is 305 g/mol. The lowest BCUT2D eigenvalue weighted by Gasteiger charge is -2.51. The van der Waals surface area contributed by atoms with E-state index in [9.17, 15) is 0 Å². The first kappa shape index (κ1) is 15.8. The van der Waals surface area contributed by atoms with Gasteiger partial charge in [-0.15, -0.1) is 0 Å². The van der Waals surface area contributed by atoms with E-state index in [1.165, 1.54) is 5.56 Å². The number of methoxy groups -OCH3 is 1. The minimum atomic E-state index is -0.421. The number of hydrogen-bond donors (Lipinski definition) is 1. The molecule has 4 nitrogen and oxygen atoms in total. The van der Waals surface area contributed by atoms with Gasteiger partial charge in [0.2, 0.25) is 0 Å². The lowest BCUT2D eigenvalue weighted by molar-refractivity contribution is -0.207. The third-order valence-corrected chi connectivity index (χ3v) is 4.58. The summed E-state index contributed by atoms with van der Waals surface area (Å²) < 4.78 is 17.2. The Kier molecular flexibility index (Phi) is 3.96. The topological polar surface area (TPSA) is 39.7 Å². The standard InChI is InChI=1S/C18H27NO3/c1-16(2)12-18(21-9-10-22-18)13-17(3,19-16)11-14-5-7-15(20-4)8-6-14/h5-8,19H,9-13H2,1-4H3. The van der Waals surface area contributed by atoms with Gasteiger partial charge in [-0.05, 0) is 44.9 Å². The summed E-state index contributed by atoms with van der Waals surface area (Å²) in [6.45, 7) is 8.13. The predicted octanol–water partition coefficient (Wildman–Crippen LogP) is 2.90. The molecule has 2 aliphatic rings. The minimum Gasteiger partial charge on any atom is -0.497 e.